The molecule has 1 aliphatic rings. The van der Waals surface area contributed by atoms with E-state index in [0.29, 0.717) is 6.42 Å². The molecule has 0 spiro atoms. The van der Waals surface area contributed by atoms with Gasteiger partial charge in [-0.1, -0.05) is 12.8 Å². The van der Waals surface area contributed by atoms with Gasteiger partial charge in [-0.25, -0.2) is 0 Å². The molecule has 0 aromatic rings. The van der Waals surface area contributed by atoms with E-state index in [1.807, 2.05) is 6.92 Å². The minimum Gasteiger partial charge on any atom is -0.385 e. The molecule has 0 bridgehead atoms. The number of rotatable bonds is 2. The number of ketones is 1. The maximum atomic E-state index is 11.4. The third-order valence-electron chi connectivity index (χ3n) is 2.37. The zero-order valence-electron chi connectivity index (χ0n) is 7.69. The fourth-order valence-electron chi connectivity index (χ4n) is 1.57. The third-order valence-corrected chi connectivity index (χ3v) is 2.37. The molecule has 1 rings (SSSR count). The van der Waals surface area contributed by atoms with Crippen molar-refractivity contribution in [3.8, 4) is 12.3 Å². The maximum Gasteiger partial charge on any atom is 0.190 e. The fourth-order valence-corrected chi connectivity index (χ4v) is 1.57. The van der Waals surface area contributed by atoms with E-state index in [4.69, 9.17) is 11.2 Å². The number of terminal acetylenes is 1. The van der Waals surface area contributed by atoms with Crippen molar-refractivity contribution in [2.75, 3.05) is 6.61 Å². The number of carbonyl (C=O) groups is 1. The molecule has 3 unspecified atom stereocenters. The third kappa shape index (κ3) is 2.30. The molecular formula is C10H14O3. The number of ether oxygens (including phenoxy) is 1. The van der Waals surface area contributed by atoms with Crippen molar-refractivity contribution in [3.05, 3.63) is 0 Å². The SMILES string of the molecule is C#CCOC1C(=O)C(O)CCC1C. The molecule has 3 atom stereocenters. The van der Waals surface area contributed by atoms with Gasteiger partial charge in [0.25, 0.3) is 0 Å². The van der Waals surface area contributed by atoms with Crippen LogP contribution >= 0.6 is 0 Å². The van der Waals surface area contributed by atoms with Crippen LogP contribution in [0.25, 0.3) is 0 Å². The van der Waals surface area contributed by atoms with Gasteiger partial charge in [0.2, 0.25) is 0 Å². The molecule has 72 valence electrons. The van der Waals surface area contributed by atoms with Crippen molar-refractivity contribution in [1.82, 2.24) is 0 Å². The average Bonchev–Trinajstić information content (AvgIpc) is 2.12. The molecule has 0 heterocycles. The number of hydrogen-bond donors (Lipinski definition) is 1. The Kier molecular flexibility index (Phi) is 3.47. The lowest BCUT2D eigenvalue weighted by Crippen LogP contribution is -2.43. The van der Waals surface area contributed by atoms with Crippen LogP contribution in [-0.4, -0.2) is 29.7 Å². The first-order valence-electron chi connectivity index (χ1n) is 4.43. The zero-order chi connectivity index (χ0) is 9.84. The summed E-state index contributed by atoms with van der Waals surface area (Å²) in [5, 5.41) is 9.28. The van der Waals surface area contributed by atoms with Gasteiger partial charge in [-0.15, -0.1) is 6.42 Å². The monoisotopic (exact) mass is 182 g/mol. The topological polar surface area (TPSA) is 46.5 Å². The quantitative estimate of drug-likeness (QED) is 0.627. The molecule has 13 heavy (non-hydrogen) atoms. The van der Waals surface area contributed by atoms with E-state index >= 15 is 0 Å². The number of Topliss-reactive ketones (excluding diaryl/α,β-unsaturated/α-hetero) is 1. The van der Waals surface area contributed by atoms with Crippen LogP contribution in [0, 0.1) is 18.3 Å². The van der Waals surface area contributed by atoms with Crippen LogP contribution in [-0.2, 0) is 9.53 Å². The number of aliphatic hydroxyl groups excluding tert-OH is 1. The van der Waals surface area contributed by atoms with Crippen LogP contribution in [0.2, 0.25) is 0 Å². The molecule has 3 nitrogen and oxygen atoms in total. The zero-order valence-corrected chi connectivity index (χ0v) is 7.69. The van der Waals surface area contributed by atoms with Crippen molar-refractivity contribution < 1.29 is 14.6 Å². The van der Waals surface area contributed by atoms with Crippen LogP contribution in [0.4, 0.5) is 0 Å². The van der Waals surface area contributed by atoms with Crippen LogP contribution < -0.4 is 0 Å². The van der Waals surface area contributed by atoms with Gasteiger partial charge in [0.05, 0.1) is 0 Å². The van der Waals surface area contributed by atoms with E-state index in [1.54, 1.807) is 0 Å². The first-order valence-corrected chi connectivity index (χ1v) is 4.43. The summed E-state index contributed by atoms with van der Waals surface area (Å²) in [4.78, 5) is 11.4. The Morgan fingerprint density at radius 3 is 3.00 bits per heavy atom. The van der Waals surface area contributed by atoms with Gasteiger partial charge in [-0.05, 0) is 18.8 Å². The molecule has 0 aromatic heterocycles. The molecule has 0 aromatic carbocycles. The summed E-state index contributed by atoms with van der Waals surface area (Å²) in [6.07, 6.45) is 4.99. The van der Waals surface area contributed by atoms with E-state index in [0.717, 1.165) is 6.42 Å². The maximum absolute atomic E-state index is 11.4. The second kappa shape index (κ2) is 4.40. The number of hydrogen-bond acceptors (Lipinski definition) is 3. The smallest absolute Gasteiger partial charge is 0.190 e. The predicted molar refractivity (Wildman–Crippen MR) is 48.0 cm³/mol. The Bertz CT molecular complexity index is 229. The summed E-state index contributed by atoms with van der Waals surface area (Å²) < 4.78 is 5.18. The number of carbonyl (C=O) groups excluding carboxylic acids is 1. The normalized spacial score (nSPS) is 34.2. The summed E-state index contributed by atoms with van der Waals surface area (Å²) in [5.74, 6) is 2.24. The van der Waals surface area contributed by atoms with Gasteiger partial charge < -0.3 is 9.84 Å². The van der Waals surface area contributed by atoms with E-state index in [9.17, 15) is 9.90 Å². The summed E-state index contributed by atoms with van der Waals surface area (Å²) in [6.45, 7) is 2.07. The molecular weight excluding hydrogens is 168 g/mol. The van der Waals surface area contributed by atoms with E-state index in [1.165, 1.54) is 0 Å². The van der Waals surface area contributed by atoms with Crippen LogP contribution in [0.5, 0.6) is 0 Å². The van der Waals surface area contributed by atoms with E-state index in [2.05, 4.69) is 5.92 Å². The summed E-state index contributed by atoms with van der Waals surface area (Å²) >= 11 is 0. The first-order chi connectivity index (χ1) is 6.16. The largest absolute Gasteiger partial charge is 0.385 e. The highest BCUT2D eigenvalue weighted by Gasteiger charge is 2.35. The van der Waals surface area contributed by atoms with Crippen molar-refractivity contribution in [2.24, 2.45) is 5.92 Å². The van der Waals surface area contributed by atoms with Gasteiger partial charge in [0, 0.05) is 0 Å². The molecule has 0 radical (unpaired) electrons. The van der Waals surface area contributed by atoms with E-state index < -0.39 is 12.2 Å². The Morgan fingerprint density at radius 2 is 2.38 bits per heavy atom. The molecule has 0 saturated heterocycles. The minimum absolute atomic E-state index is 0.132. The van der Waals surface area contributed by atoms with E-state index in [-0.39, 0.29) is 18.3 Å². The second-order valence-corrected chi connectivity index (χ2v) is 3.41. The lowest BCUT2D eigenvalue weighted by Gasteiger charge is -2.29. The Morgan fingerprint density at radius 1 is 1.69 bits per heavy atom. The van der Waals surface area contributed by atoms with Crippen molar-refractivity contribution in [2.45, 2.75) is 32.0 Å². The van der Waals surface area contributed by atoms with Gasteiger partial charge in [0.15, 0.2) is 5.78 Å². The summed E-state index contributed by atoms with van der Waals surface area (Å²) in [7, 11) is 0. The first kappa shape index (κ1) is 10.2. The van der Waals surface area contributed by atoms with Gasteiger partial charge >= 0.3 is 0 Å². The predicted octanol–water partition coefficient (Wildman–Crippen LogP) is 0.365. The number of aliphatic hydroxyl groups is 1. The average molecular weight is 182 g/mol. The molecule has 1 N–H and O–H groups in total. The Balaban J connectivity index is 2.57. The van der Waals surface area contributed by atoms with Crippen molar-refractivity contribution in [1.29, 1.82) is 0 Å². The standard InChI is InChI=1S/C10H14O3/c1-3-6-13-10-7(2)4-5-8(11)9(10)12/h1,7-8,10-11H,4-6H2,2H3. The van der Waals surface area contributed by atoms with Crippen molar-refractivity contribution >= 4 is 5.78 Å². The molecule has 3 heteroatoms. The van der Waals surface area contributed by atoms with Gasteiger partial charge in [-0.3, -0.25) is 4.79 Å². The molecule has 0 amide bonds. The second-order valence-electron chi connectivity index (χ2n) is 3.41. The molecule has 1 aliphatic carbocycles. The highest BCUT2D eigenvalue weighted by molar-refractivity contribution is 5.88. The highest BCUT2D eigenvalue weighted by Crippen LogP contribution is 2.23. The summed E-state index contributed by atoms with van der Waals surface area (Å²) in [5.41, 5.74) is 0. The Hall–Kier alpha value is -0.850. The molecule has 1 fully saturated rings. The van der Waals surface area contributed by atoms with Crippen LogP contribution in [0.3, 0.4) is 0 Å². The molecule has 0 aliphatic heterocycles. The van der Waals surface area contributed by atoms with Gasteiger partial charge in [0.1, 0.15) is 18.8 Å². The van der Waals surface area contributed by atoms with Crippen molar-refractivity contribution in [3.63, 3.8) is 0 Å². The highest BCUT2D eigenvalue weighted by atomic mass is 16.5. The molecule has 1 saturated carbocycles. The lowest BCUT2D eigenvalue weighted by molar-refractivity contribution is -0.146. The van der Waals surface area contributed by atoms with Crippen LogP contribution in [0.15, 0.2) is 0 Å². The van der Waals surface area contributed by atoms with Crippen LogP contribution in [0.1, 0.15) is 19.8 Å². The Labute approximate surface area is 78.1 Å². The fraction of sp³-hybridized carbons (Fsp3) is 0.700. The minimum atomic E-state index is -0.862. The lowest BCUT2D eigenvalue weighted by atomic mass is 9.85. The van der Waals surface area contributed by atoms with Gasteiger partial charge in [-0.2, -0.15) is 0 Å². The summed E-state index contributed by atoms with van der Waals surface area (Å²) in [6, 6.07) is 0.